The molecule has 0 unspecified atom stereocenters. The zero-order chi connectivity index (χ0) is 14.1. The van der Waals surface area contributed by atoms with Crippen molar-refractivity contribution in [3.05, 3.63) is 28.3 Å². The second kappa shape index (κ2) is 5.44. The van der Waals surface area contributed by atoms with Crippen LogP contribution in [0, 0.1) is 6.92 Å². The van der Waals surface area contributed by atoms with Gasteiger partial charge < -0.3 is 5.32 Å². The van der Waals surface area contributed by atoms with Gasteiger partial charge in [0.05, 0.1) is 10.2 Å². The summed E-state index contributed by atoms with van der Waals surface area (Å²) in [7, 11) is 0. The number of aryl methyl sites for hydroxylation is 1. The van der Waals surface area contributed by atoms with Gasteiger partial charge in [0.1, 0.15) is 17.3 Å². The van der Waals surface area contributed by atoms with Gasteiger partial charge in [-0.2, -0.15) is 0 Å². The van der Waals surface area contributed by atoms with Crippen LogP contribution in [-0.4, -0.2) is 26.5 Å². The van der Waals surface area contributed by atoms with E-state index < -0.39 is 0 Å². The van der Waals surface area contributed by atoms with Crippen LogP contribution in [0.3, 0.4) is 0 Å². The van der Waals surface area contributed by atoms with Crippen molar-refractivity contribution in [1.29, 1.82) is 0 Å². The molecule has 0 spiro atoms. The van der Waals surface area contributed by atoms with E-state index in [-0.39, 0.29) is 0 Å². The maximum atomic E-state index is 4.70. The number of halogens is 1. The highest BCUT2D eigenvalue weighted by molar-refractivity contribution is 9.10. The van der Waals surface area contributed by atoms with Crippen LogP contribution in [0.5, 0.6) is 0 Å². The van der Waals surface area contributed by atoms with Gasteiger partial charge >= 0.3 is 0 Å². The van der Waals surface area contributed by atoms with E-state index in [4.69, 9.17) is 4.98 Å². The normalized spacial score (nSPS) is 14.3. The fraction of sp³-hybridized carbons (Fsp3) is 0.429. The van der Waals surface area contributed by atoms with Crippen LogP contribution in [0.4, 0.5) is 5.82 Å². The fourth-order valence-corrected chi connectivity index (χ4v) is 2.71. The van der Waals surface area contributed by atoms with Crippen molar-refractivity contribution in [1.82, 2.24) is 19.9 Å². The number of anilines is 1. The van der Waals surface area contributed by atoms with E-state index in [2.05, 4.69) is 43.1 Å². The van der Waals surface area contributed by atoms with Crippen LogP contribution in [0.15, 0.2) is 16.7 Å². The lowest BCUT2D eigenvalue weighted by molar-refractivity contribution is 0.958. The molecule has 1 N–H and O–H groups in total. The molecule has 0 bridgehead atoms. The molecule has 0 saturated heterocycles. The monoisotopic (exact) mass is 333 g/mol. The minimum Gasteiger partial charge on any atom is -0.369 e. The first-order valence-electron chi connectivity index (χ1n) is 6.80. The highest BCUT2D eigenvalue weighted by Gasteiger charge is 2.29. The topological polar surface area (TPSA) is 63.6 Å². The van der Waals surface area contributed by atoms with Gasteiger partial charge in [0.25, 0.3) is 0 Å². The first kappa shape index (κ1) is 13.4. The Hall–Kier alpha value is -1.56. The Balaban J connectivity index is 2.10. The number of hydrogen-bond acceptors (Lipinski definition) is 5. The highest BCUT2D eigenvalue weighted by atomic mass is 79.9. The van der Waals surface area contributed by atoms with Crippen LogP contribution < -0.4 is 5.32 Å². The molecule has 2 aromatic rings. The Morgan fingerprint density at radius 2 is 2.10 bits per heavy atom. The van der Waals surface area contributed by atoms with Crippen LogP contribution in [0.25, 0.3) is 11.5 Å². The SMILES string of the molecule is CCNc1nc(-c2ccnc(C)n2)nc(C2CC2)c1Br. The standard InChI is InChI=1S/C14H16BrN5/c1-3-16-14-11(15)12(9-4-5-9)19-13(20-14)10-6-7-17-8(2)18-10/h6-7,9H,3-5H2,1-2H3,(H,16,19,20). The van der Waals surface area contributed by atoms with E-state index in [0.29, 0.717) is 11.7 Å². The van der Waals surface area contributed by atoms with Crippen LogP contribution >= 0.6 is 15.9 Å². The molecule has 1 aliphatic carbocycles. The van der Waals surface area contributed by atoms with Gasteiger partial charge in [-0.15, -0.1) is 0 Å². The summed E-state index contributed by atoms with van der Waals surface area (Å²) in [6.45, 7) is 4.75. The molecule has 2 aromatic heterocycles. The molecule has 0 amide bonds. The second-order valence-electron chi connectivity index (χ2n) is 4.89. The Morgan fingerprint density at radius 1 is 1.30 bits per heavy atom. The number of hydrogen-bond donors (Lipinski definition) is 1. The van der Waals surface area contributed by atoms with Crippen molar-refractivity contribution in [3.8, 4) is 11.5 Å². The summed E-state index contributed by atoms with van der Waals surface area (Å²) in [5.74, 6) is 2.78. The summed E-state index contributed by atoms with van der Waals surface area (Å²) in [4.78, 5) is 17.8. The van der Waals surface area contributed by atoms with E-state index in [9.17, 15) is 0 Å². The van der Waals surface area contributed by atoms with Crippen LogP contribution in [-0.2, 0) is 0 Å². The molecule has 2 heterocycles. The first-order valence-corrected chi connectivity index (χ1v) is 7.59. The Labute approximate surface area is 126 Å². The minimum atomic E-state index is 0.548. The molecule has 5 nitrogen and oxygen atoms in total. The van der Waals surface area contributed by atoms with E-state index in [1.807, 2.05) is 13.0 Å². The summed E-state index contributed by atoms with van der Waals surface area (Å²) in [6, 6.07) is 1.85. The quantitative estimate of drug-likeness (QED) is 0.929. The van der Waals surface area contributed by atoms with Crippen molar-refractivity contribution < 1.29 is 0 Å². The Morgan fingerprint density at radius 3 is 2.75 bits per heavy atom. The predicted molar refractivity (Wildman–Crippen MR) is 81.6 cm³/mol. The smallest absolute Gasteiger partial charge is 0.180 e. The third kappa shape index (κ3) is 2.65. The van der Waals surface area contributed by atoms with Gasteiger partial charge in [-0.25, -0.2) is 19.9 Å². The average Bonchev–Trinajstić information content (AvgIpc) is 3.26. The molecule has 0 radical (unpaired) electrons. The maximum absolute atomic E-state index is 4.70. The zero-order valence-electron chi connectivity index (χ0n) is 11.5. The Bertz CT molecular complexity index is 639. The lowest BCUT2D eigenvalue weighted by Crippen LogP contribution is -2.06. The fourth-order valence-electron chi connectivity index (χ4n) is 2.07. The number of nitrogens with one attached hydrogen (secondary N) is 1. The summed E-state index contributed by atoms with van der Waals surface area (Å²) >= 11 is 3.62. The van der Waals surface area contributed by atoms with E-state index >= 15 is 0 Å². The van der Waals surface area contributed by atoms with Gasteiger partial charge in [0.2, 0.25) is 0 Å². The summed E-state index contributed by atoms with van der Waals surface area (Å²) in [5.41, 5.74) is 1.85. The minimum absolute atomic E-state index is 0.548. The molecule has 1 saturated carbocycles. The third-order valence-electron chi connectivity index (χ3n) is 3.19. The summed E-state index contributed by atoms with van der Waals surface area (Å²) < 4.78 is 0.983. The second-order valence-corrected chi connectivity index (χ2v) is 5.68. The molecule has 0 atom stereocenters. The third-order valence-corrected chi connectivity index (χ3v) is 3.97. The largest absolute Gasteiger partial charge is 0.369 e. The lowest BCUT2D eigenvalue weighted by atomic mass is 10.2. The molecule has 0 aromatic carbocycles. The van der Waals surface area contributed by atoms with Gasteiger partial charge in [-0.05, 0) is 48.7 Å². The molecule has 3 rings (SSSR count). The molecule has 104 valence electrons. The molecular weight excluding hydrogens is 318 g/mol. The maximum Gasteiger partial charge on any atom is 0.180 e. The molecule has 20 heavy (non-hydrogen) atoms. The molecule has 1 fully saturated rings. The summed E-state index contributed by atoms with van der Waals surface area (Å²) in [5, 5.41) is 3.28. The number of rotatable bonds is 4. The van der Waals surface area contributed by atoms with Crippen molar-refractivity contribution in [2.75, 3.05) is 11.9 Å². The van der Waals surface area contributed by atoms with Crippen molar-refractivity contribution >= 4 is 21.7 Å². The Kier molecular flexibility index (Phi) is 3.65. The van der Waals surface area contributed by atoms with Crippen LogP contribution in [0.2, 0.25) is 0 Å². The predicted octanol–water partition coefficient (Wildman–Crippen LogP) is 3.31. The van der Waals surface area contributed by atoms with Gasteiger partial charge in [0.15, 0.2) is 5.82 Å². The van der Waals surface area contributed by atoms with E-state index in [1.165, 1.54) is 12.8 Å². The molecule has 6 heteroatoms. The zero-order valence-corrected chi connectivity index (χ0v) is 13.1. The highest BCUT2D eigenvalue weighted by Crippen LogP contribution is 2.44. The van der Waals surface area contributed by atoms with Gasteiger partial charge in [-0.1, -0.05) is 0 Å². The van der Waals surface area contributed by atoms with Gasteiger partial charge in [-0.3, -0.25) is 0 Å². The number of nitrogens with zero attached hydrogens (tertiary/aromatic N) is 4. The van der Waals surface area contributed by atoms with Gasteiger partial charge in [0, 0.05) is 18.7 Å². The molecular formula is C14H16BrN5. The van der Waals surface area contributed by atoms with Crippen LogP contribution in [0.1, 0.15) is 37.2 Å². The van der Waals surface area contributed by atoms with Crippen molar-refractivity contribution in [2.24, 2.45) is 0 Å². The molecule has 0 aliphatic heterocycles. The van der Waals surface area contributed by atoms with Crippen molar-refractivity contribution in [3.63, 3.8) is 0 Å². The molecule has 1 aliphatic rings. The lowest BCUT2D eigenvalue weighted by Gasteiger charge is -2.11. The van der Waals surface area contributed by atoms with E-state index in [1.54, 1.807) is 6.20 Å². The summed E-state index contributed by atoms with van der Waals surface area (Å²) in [6.07, 6.45) is 4.14. The first-order chi connectivity index (χ1) is 9.69. The number of aromatic nitrogens is 4. The van der Waals surface area contributed by atoms with E-state index in [0.717, 1.165) is 34.0 Å². The average molecular weight is 334 g/mol. The van der Waals surface area contributed by atoms with Crippen molar-refractivity contribution in [2.45, 2.75) is 32.6 Å².